The van der Waals surface area contributed by atoms with E-state index in [1.54, 1.807) is 12.3 Å². The number of carboxylic acids is 1. The molecule has 0 aliphatic rings. The molecular formula is C16H12N2O2. The Labute approximate surface area is 115 Å². The predicted molar refractivity (Wildman–Crippen MR) is 76.3 cm³/mol. The molecule has 0 atom stereocenters. The molecule has 3 aromatic rings. The number of aliphatic carboxylic acids is 1. The van der Waals surface area contributed by atoms with Crippen LogP contribution < -0.4 is 0 Å². The van der Waals surface area contributed by atoms with E-state index in [-0.39, 0.29) is 6.42 Å². The number of benzene rings is 2. The summed E-state index contributed by atoms with van der Waals surface area (Å²) in [4.78, 5) is 19.0. The number of fused-ring (bicyclic) bond motifs is 1. The second-order valence-electron chi connectivity index (χ2n) is 4.49. The van der Waals surface area contributed by atoms with E-state index >= 15 is 0 Å². The molecule has 0 bridgehead atoms. The second-order valence-corrected chi connectivity index (χ2v) is 4.49. The Morgan fingerprint density at radius 1 is 1.05 bits per heavy atom. The Morgan fingerprint density at radius 2 is 1.85 bits per heavy atom. The van der Waals surface area contributed by atoms with Crippen molar-refractivity contribution in [2.24, 2.45) is 0 Å². The van der Waals surface area contributed by atoms with Gasteiger partial charge >= 0.3 is 5.97 Å². The monoisotopic (exact) mass is 264 g/mol. The van der Waals surface area contributed by atoms with E-state index in [1.165, 1.54) is 0 Å². The average Bonchev–Trinajstić information content (AvgIpc) is 2.46. The molecule has 1 aromatic heterocycles. The first kappa shape index (κ1) is 12.3. The standard InChI is InChI=1S/C16H12N2O2/c19-16(20)10-15-17-8-7-14(18-15)13-6-5-11-3-1-2-4-12(11)9-13/h1-9H,10H2,(H,19,20). The van der Waals surface area contributed by atoms with Crippen LogP contribution in [0.1, 0.15) is 5.82 Å². The van der Waals surface area contributed by atoms with Gasteiger partial charge in [0.05, 0.1) is 5.69 Å². The molecule has 4 heteroatoms. The van der Waals surface area contributed by atoms with Crippen molar-refractivity contribution in [2.75, 3.05) is 0 Å². The number of hydrogen-bond donors (Lipinski definition) is 1. The molecule has 1 N–H and O–H groups in total. The first-order valence-electron chi connectivity index (χ1n) is 6.25. The number of hydrogen-bond acceptors (Lipinski definition) is 3. The summed E-state index contributed by atoms with van der Waals surface area (Å²) in [5, 5.41) is 11.1. The van der Waals surface area contributed by atoms with Crippen molar-refractivity contribution in [1.29, 1.82) is 0 Å². The van der Waals surface area contributed by atoms with Gasteiger partial charge in [0.1, 0.15) is 12.2 Å². The molecular weight excluding hydrogens is 252 g/mol. The van der Waals surface area contributed by atoms with Crippen LogP contribution in [-0.4, -0.2) is 21.0 Å². The Balaban J connectivity index is 2.03. The molecule has 0 radical (unpaired) electrons. The molecule has 0 fully saturated rings. The molecule has 0 aliphatic heterocycles. The van der Waals surface area contributed by atoms with Gasteiger partial charge in [-0.2, -0.15) is 0 Å². The van der Waals surface area contributed by atoms with Crippen LogP contribution in [-0.2, 0) is 11.2 Å². The van der Waals surface area contributed by atoms with Crippen molar-refractivity contribution < 1.29 is 9.90 Å². The van der Waals surface area contributed by atoms with Crippen molar-refractivity contribution >= 4 is 16.7 Å². The van der Waals surface area contributed by atoms with Gasteiger partial charge in [-0.05, 0) is 22.9 Å². The lowest BCUT2D eigenvalue weighted by Gasteiger charge is -2.04. The molecule has 0 unspecified atom stereocenters. The minimum atomic E-state index is -0.930. The first-order valence-corrected chi connectivity index (χ1v) is 6.25. The lowest BCUT2D eigenvalue weighted by molar-refractivity contribution is -0.136. The lowest BCUT2D eigenvalue weighted by Crippen LogP contribution is -2.05. The third-order valence-electron chi connectivity index (χ3n) is 3.06. The van der Waals surface area contributed by atoms with E-state index in [9.17, 15) is 4.79 Å². The molecule has 4 nitrogen and oxygen atoms in total. The topological polar surface area (TPSA) is 63.1 Å². The van der Waals surface area contributed by atoms with Crippen LogP contribution in [0.25, 0.3) is 22.0 Å². The van der Waals surface area contributed by atoms with Gasteiger partial charge in [-0.1, -0.05) is 36.4 Å². The van der Waals surface area contributed by atoms with Crippen molar-refractivity contribution in [1.82, 2.24) is 9.97 Å². The minimum Gasteiger partial charge on any atom is -0.481 e. The lowest BCUT2D eigenvalue weighted by atomic mass is 10.1. The fourth-order valence-corrected chi connectivity index (χ4v) is 2.13. The molecule has 0 amide bonds. The number of carbonyl (C=O) groups is 1. The Morgan fingerprint density at radius 3 is 2.65 bits per heavy atom. The number of rotatable bonds is 3. The van der Waals surface area contributed by atoms with E-state index in [2.05, 4.69) is 16.0 Å². The maximum absolute atomic E-state index is 10.7. The fraction of sp³-hybridized carbons (Fsp3) is 0.0625. The highest BCUT2D eigenvalue weighted by Crippen LogP contribution is 2.22. The van der Waals surface area contributed by atoms with Gasteiger partial charge in [0.25, 0.3) is 0 Å². The van der Waals surface area contributed by atoms with Crippen molar-refractivity contribution in [3.8, 4) is 11.3 Å². The summed E-state index contributed by atoms with van der Waals surface area (Å²) in [5.41, 5.74) is 1.69. The normalized spacial score (nSPS) is 10.6. The highest BCUT2D eigenvalue weighted by Gasteiger charge is 2.06. The highest BCUT2D eigenvalue weighted by molar-refractivity contribution is 5.86. The molecule has 20 heavy (non-hydrogen) atoms. The van der Waals surface area contributed by atoms with Crippen molar-refractivity contribution in [3.05, 3.63) is 60.6 Å². The summed E-state index contributed by atoms with van der Waals surface area (Å²) < 4.78 is 0. The zero-order chi connectivity index (χ0) is 13.9. The number of carboxylic acid groups (broad SMARTS) is 1. The van der Waals surface area contributed by atoms with Gasteiger partial charge < -0.3 is 5.11 Å². The van der Waals surface area contributed by atoms with E-state index in [0.29, 0.717) is 5.82 Å². The second kappa shape index (κ2) is 5.09. The summed E-state index contributed by atoms with van der Waals surface area (Å²) in [6.45, 7) is 0. The van der Waals surface area contributed by atoms with E-state index in [0.717, 1.165) is 22.0 Å². The minimum absolute atomic E-state index is 0.165. The van der Waals surface area contributed by atoms with Crippen LogP contribution in [0, 0.1) is 0 Å². The molecule has 1 heterocycles. The summed E-state index contributed by atoms with van der Waals surface area (Å²) in [5.74, 6) is -0.608. The third kappa shape index (κ3) is 2.49. The van der Waals surface area contributed by atoms with Gasteiger partial charge in [-0.25, -0.2) is 9.97 Å². The summed E-state index contributed by atoms with van der Waals surface area (Å²) in [6, 6.07) is 15.9. The molecule has 0 aliphatic carbocycles. The number of aromatic nitrogens is 2. The van der Waals surface area contributed by atoms with Crippen LogP contribution in [0.15, 0.2) is 54.7 Å². The van der Waals surface area contributed by atoms with E-state index < -0.39 is 5.97 Å². The van der Waals surface area contributed by atoms with Crippen LogP contribution in [0.3, 0.4) is 0 Å². The quantitative estimate of drug-likeness (QED) is 0.790. The molecule has 0 spiro atoms. The maximum atomic E-state index is 10.7. The van der Waals surface area contributed by atoms with Crippen LogP contribution >= 0.6 is 0 Å². The van der Waals surface area contributed by atoms with Gasteiger partial charge in [0.15, 0.2) is 0 Å². The first-order chi connectivity index (χ1) is 9.72. The zero-order valence-corrected chi connectivity index (χ0v) is 10.7. The van der Waals surface area contributed by atoms with E-state index in [1.807, 2.05) is 36.4 Å². The molecule has 98 valence electrons. The molecule has 3 rings (SSSR count). The Kier molecular flexibility index (Phi) is 3.13. The highest BCUT2D eigenvalue weighted by atomic mass is 16.4. The van der Waals surface area contributed by atoms with Gasteiger partial charge in [-0.15, -0.1) is 0 Å². The Hall–Kier alpha value is -2.75. The predicted octanol–water partition coefficient (Wildman–Crippen LogP) is 2.92. The maximum Gasteiger partial charge on any atom is 0.311 e. The van der Waals surface area contributed by atoms with Crippen molar-refractivity contribution in [2.45, 2.75) is 6.42 Å². The van der Waals surface area contributed by atoms with Gasteiger partial charge in [0, 0.05) is 11.8 Å². The van der Waals surface area contributed by atoms with Crippen LogP contribution in [0.2, 0.25) is 0 Å². The van der Waals surface area contributed by atoms with Crippen LogP contribution in [0.4, 0.5) is 0 Å². The van der Waals surface area contributed by atoms with Crippen molar-refractivity contribution in [3.63, 3.8) is 0 Å². The smallest absolute Gasteiger partial charge is 0.311 e. The van der Waals surface area contributed by atoms with Gasteiger partial charge in [-0.3, -0.25) is 4.79 Å². The molecule has 0 saturated heterocycles. The number of nitrogens with zero attached hydrogens (tertiary/aromatic N) is 2. The molecule has 0 saturated carbocycles. The average molecular weight is 264 g/mol. The third-order valence-corrected chi connectivity index (χ3v) is 3.06. The largest absolute Gasteiger partial charge is 0.481 e. The summed E-state index contributed by atoms with van der Waals surface area (Å²) in [7, 11) is 0. The fourth-order valence-electron chi connectivity index (χ4n) is 2.13. The van der Waals surface area contributed by atoms with Crippen LogP contribution in [0.5, 0.6) is 0 Å². The SMILES string of the molecule is O=C(O)Cc1nccc(-c2ccc3ccccc3c2)n1. The zero-order valence-electron chi connectivity index (χ0n) is 10.7. The van der Waals surface area contributed by atoms with E-state index in [4.69, 9.17) is 5.11 Å². The summed E-state index contributed by atoms with van der Waals surface area (Å²) >= 11 is 0. The van der Waals surface area contributed by atoms with Gasteiger partial charge in [0.2, 0.25) is 0 Å². The molecule has 2 aromatic carbocycles. The Bertz CT molecular complexity index is 784. The summed E-state index contributed by atoms with van der Waals surface area (Å²) in [6.07, 6.45) is 1.43.